The molecular formula is C8H14O2. The number of carbonyl (C=O) groups is 1. The molecule has 0 aliphatic carbocycles. The average molecular weight is 142 g/mol. The van der Waals surface area contributed by atoms with Gasteiger partial charge in [-0.25, -0.2) is 0 Å². The molecule has 0 N–H and O–H groups in total. The van der Waals surface area contributed by atoms with E-state index in [0.29, 0.717) is 13.0 Å². The third-order valence-electron chi connectivity index (χ3n) is 1.26. The van der Waals surface area contributed by atoms with E-state index in [-0.39, 0.29) is 6.10 Å². The topological polar surface area (TPSA) is 26.3 Å². The molecule has 0 fully saturated rings. The van der Waals surface area contributed by atoms with Crippen molar-refractivity contribution < 1.29 is 9.53 Å². The van der Waals surface area contributed by atoms with Crippen molar-refractivity contribution in [1.29, 1.82) is 0 Å². The first-order chi connectivity index (χ1) is 4.85. The molecule has 0 rings (SSSR count). The molecule has 2 nitrogen and oxygen atoms in total. The van der Waals surface area contributed by atoms with Crippen molar-refractivity contribution >= 4 is 6.29 Å². The van der Waals surface area contributed by atoms with Crippen molar-refractivity contribution in [3.8, 4) is 0 Å². The Labute approximate surface area is 61.9 Å². The molecule has 2 heteroatoms. The molecule has 0 aliphatic rings. The Bertz CT molecular complexity index is 99.4. The molecule has 58 valence electrons. The van der Waals surface area contributed by atoms with Gasteiger partial charge in [-0.1, -0.05) is 13.0 Å². The Balaban J connectivity index is 3.38. The first-order valence-corrected chi connectivity index (χ1v) is 3.51. The molecule has 0 aromatic rings. The average Bonchev–Trinajstić information content (AvgIpc) is 1.98. The molecule has 0 saturated carbocycles. The Morgan fingerprint density at radius 1 is 1.70 bits per heavy atom. The van der Waals surface area contributed by atoms with E-state index in [1.54, 1.807) is 6.08 Å². The normalized spacial score (nSPS) is 12.5. The summed E-state index contributed by atoms with van der Waals surface area (Å²) in [7, 11) is 0. The van der Waals surface area contributed by atoms with Gasteiger partial charge in [0, 0.05) is 6.42 Å². The molecule has 1 atom stereocenters. The lowest BCUT2D eigenvalue weighted by Gasteiger charge is -2.10. The highest BCUT2D eigenvalue weighted by atomic mass is 16.5. The summed E-state index contributed by atoms with van der Waals surface area (Å²) in [5, 5.41) is 0. The Morgan fingerprint density at radius 3 is 2.80 bits per heavy atom. The van der Waals surface area contributed by atoms with Gasteiger partial charge in [0.2, 0.25) is 0 Å². The lowest BCUT2D eigenvalue weighted by Crippen LogP contribution is -2.11. The van der Waals surface area contributed by atoms with Crippen molar-refractivity contribution in [2.75, 3.05) is 6.61 Å². The smallest absolute Gasteiger partial charge is 0.122 e. The summed E-state index contributed by atoms with van der Waals surface area (Å²) >= 11 is 0. The van der Waals surface area contributed by atoms with E-state index in [0.717, 1.165) is 12.7 Å². The molecule has 0 aliphatic heterocycles. The van der Waals surface area contributed by atoms with E-state index in [9.17, 15) is 4.79 Å². The highest BCUT2D eigenvalue weighted by Gasteiger charge is 2.02. The molecule has 0 saturated heterocycles. The second-order valence-corrected chi connectivity index (χ2v) is 2.05. The standard InChI is InChI=1S/C8H14O2/c1-3-7-10-8(4-2)5-6-9/h3,6,8H,1,4-5,7H2,2H3/t8-/m0/s1. The number of rotatable bonds is 6. The van der Waals surface area contributed by atoms with E-state index in [1.807, 2.05) is 6.92 Å². The molecule has 0 radical (unpaired) electrons. The summed E-state index contributed by atoms with van der Waals surface area (Å²) in [5.74, 6) is 0. The Morgan fingerprint density at radius 2 is 2.40 bits per heavy atom. The zero-order valence-corrected chi connectivity index (χ0v) is 6.38. The molecular weight excluding hydrogens is 128 g/mol. The van der Waals surface area contributed by atoms with Gasteiger partial charge >= 0.3 is 0 Å². The minimum Gasteiger partial charge on any atom is -0.374 e. The number of hydrogen-bond acceptors (Lipinski definition) is 2. The summed E-state index contributed by atoms with van der Waals surface area (Å²) in [6, 6.07) is 0. The molecule has 0 unspecified atom stereocenters. The highest BCUT2D eigenvalue weighted by Crippen LogP contribution is 2.00. The van der Waals surface area contributed by atoms with Crippen LogP contribution in [-0.2, 0) is 9.53 Å². The number of ether oxygens (including phenoxy) is 1. The lowest BCUT2D eigenvalue weighted by molar-refractivity contribution is -0.110. The molecule has 0 heterocycles. The number of aldehydes is 1. The summed E-state index contributed by atoms with van der Waals surface area (Å²) in [6.07, 6.45) is 4.03. The maximum absolute atomic E-state index is 10.0. The van der Waals surface area contributed by atoms with Crippen LogP contribution < -0.4 is 0 Å². The van der Waals surface area contributed by atoms with Crippen LogP contribution in [0.25, 0.3) is 0 Å². The van der Waals surface area contributed by atoms with Gasteiger partial charge in [0.25, 0.3) is 0 Å². The van der Waals surface area contributed by atoms with Crippen LogP contribution >= 0.6 is 0 Å². The monoisotopic (exact) mass is 142 g/mol. The number of carbonyl (C=O) groups excluding carboxylic acids is 1. The summed E-state index contributed by atoms with van der Waals surface area (Å²) < 4.78 is 5.23. The van der Waals surface area contributed by atoms with Gasteiger partial charge in [-0.15, -0.1) is 6.58 Å². The van der Waals surface area contributed by atoms with Gasteiger partial charge in [0.1, 0.15) is 6.29 Å². The van der Waals surface area contributed by atoms with Crippen molar-refractivity contribution in [3.63, 3.8) is 0 Å². The van der Waals surface area contributed by atoms with Crippen LogP contribution in [0.5, 0.6) is 0 Å². The molecule has 0 amide bonds. The zero-order valence-electron chi connectivity index (χ0n) is 6.38. The fourth-order valence-electron chi connectivity index (χ4n) is 0.664. The minimum absolute atomic E-state index is 0.0792. The fourth-order valence-corrected chi connectivity index (χ4v) is 0.664. The van der Waals surface area contributed by atoms with Gasteiger partial charge in [-0.05, 0) is 6.42 Å². The van der Waals surface area contributed by atoms with Gasteiger partial charge in [0.05, 0.1) is 12.7 Å². The van der Waals surface area contributed by atoms with E-state index < -0.39 is 0 Å². The molecule has 0 bridgehead atoms. The first kappa shape index (κ1) is 9.37. The van der Waals surface area contributed by atoms with Crippen molar-refractivity contribution in [2.24, 2.45) is 0 Å². The van der Waals surface area contributed by atoms with Gasteiger partial charge in [0.15, 0.2) is 0 Å². The maximum Gasteiger partial charge on any atom is 0.122 e. The van der Waals surface area contributed by atoms with Gasteiger partial charge < -0.3 is 9.53 Å². The lowest BCUT2D eigenvalue weighted by atomic mass is 10.2. The third-order valence-corrected chi connectivity index (χ3v) is 1.26. The summed E-state index contributed by atoms with van der Waals surface area (Å²) in [5.41, 5.74) is 0. The largest absolute Gasteiger partial charge is 0.374 e. The second kappa shape index (κ2) is 6.49. The molecule has 0 spiro atoms. The summed E-state index contributed by atoms with van der Waals surface area (Å²) in [4.78, 5) is 10.0. The van der Waals surface area contributed by atoms with Crippen molar-refractivity contribution in [3.05, 3.63) is 12.7 Å². The highest BCUT2D eigenvalue weighted by molar-refractivity contribution is 5.50. The van der Waals surface area contributed by atoms with Gasteiger partial charge in [-0.3, -0.25) is 0 Å². The van der Waals surface area contributed by atoms with Gasteiger partial charge in [-0.2, -0.15) is 0 Å². The number of hydrogen-bond donors (Lipinski definition) is 0. The van der Waals surface area contributed by atoms with Crippen LogP contribution in [0.1, 0.15) is 19.8 Å². The quantitative estimate of drug-likeness (QED) is 0.415. The van der Waals surface area contributed by atoms with Crippen molar-refractivity contribution in [1.82, 2.24) is 0 Å². The maximum atomic E-state index is 10.0. The second-order valence-electron chi connectivity index (χ2n) is 2.05. The molecule has 0 aromatic carbocycles. The predicted molar refractivity (Wildman–Crippen MR) is 40.9 cm³/mol. The Kier molecular flexibility index (Phi) is 6.08. The predicted octanol–water partition coefficient (Wildman–Crippen LogP) is 1.56. The van der Waals surface area contributed by atoms with E-state index >= 15 is 0 Å². The van der Waals surface area contributed by atoms with Crippen LogP contribution in [0, 0.1) is 0 Å². The first-order valence-electron chi connectivity index (χ1n) is 3.51. The van der Waals surface area contributed by atoms with Crippen molar-refractivity contribution in [2.45, 2.75) is 25.9 Å². The molecule has 10 heavy (non-hydrogen) atoms. The Hall–Kier alpha value is -0.630. The van der Waals surface area contributed by atoms with Crippen LogP contribution in [0.2, 0.25) is 0 Å². The molecule has 0 aromatic heterocycles. The fraction of sp³-hybridized carbons (Fsp3) is 0.625. The van der Waals surface area contributed by atoms with Crippen LogP contribution in [0.3, 0.4) is 0 Å². The van der Waals surface area contributed by atoms with Crippen LogP contribution in [0.4, 0.5) is 0 Å². The third kappa shape index (κ3) is 4.27. The van der Waals surface area contributed by atoms with E-state index in [4.69, 9.17) is 4.74 Å². The van der Waals surface area contributed by atoms with Crippen LogP contribution in [0.15, 0.2) is 12.7 Å². The van der Waals surface area contributed by atoms with E-state index in [1.165, 1.54) is 0 Å². The SMILES string of the molecule is C=CCO[C@@H](CC)CC=O. The zero-order chi connectivity index (χ0) is 7.82. The summed E-state index contributed by atoms with van der Waals surface area (Å²) in [6.45, 7) is 6.05. The van der Waals surface area contributed by atoms with Crippen LogP contribution in [-0.4, -0.2) is 19.0 Å². The minimum atomic E-state index is 0.0792. The van der Waals surface area contributed by atoms with E-state index in [2.05, 4.69) is 6.58 Å².